The monoisotopic (exact) mass is 240 g/mol. The van der Waals surface area contributed by atoms with Gasteiger partial charge in [-0.2, -0.15) is 0 Å². The molecular weight excluding hydrogens is 216 g/mol. The third-order valence-electron chi connectivity index (χ3n) is 4.41. The Morgan fingerprint density at radius 3 is 2.76 bits per heavy atom. The summed E-state index contributed by atoms with van der Waals surface area (Å²) in [7, 11) is 0. The van der Waals surface area contributed by atoms with Crippen molar-refractivity contribution < 1.29 is 9.90 Å². The summed E-state index contributed by atoms with van der Waals surface area (Å²) in [6.07, 6.45) is 4.84. The van der Waals surface area contributed by atoms with Crippen LogP contribution < -0.4 is 10.6 Å². The SMILES string of the molecule is CC1(C)C(O)CC1NC(=O)C1CCCCCN1. The highest BCUT2D eigenvalue weighted by atomic mass is 16.3. The number of aliphatic hydroxyl groups is 1. The Kier molecular flexibility index (Phi) is 3.73. The van der Waals surface area contributed by atoms with Gasteiger partial charge >= 0.3 is 0 Å². The Bertz CT molecular complexity index is 283. The molecule has 0 aromatic carbocycles. The fraction of sp³-hybridized carbons (Fsp3) is 0.923. The van der Waals surface area contributed by atoms with Crippen molar-refractivity contribution in [3.63, 3.8) is 0 Å². The lowest BCUT2D eigenvalue weighted by molar-refractivity contribution is -0.131. The van der Waals surface area contributed by atoms with Crippen LogP contribution in [0.25, 0.3) is 0 Å². The number of hydrogen-bond acceptors (Lipinski definition) is 3. The molecule has 3 atom stereocenters. The first kappa shape index (κ1) is 12.8. The van der Waals surface area contributed by atoms with Gasteiger partial charge < -0.3 is 15.7 Å². The fourth-order valence-corrected chi connectivity index (χ4v) is 2.67. The van der Waals surface area contributed by atoms with Gasteiger partial charge in [0.2, 0.25) is 5.91 Å². The zero-order chi connectivity index (χ0) is 12.5. The quantitative estimate of drug-likeness (QED) is 0.669. The van der Waals surface area contributed by atoms with E-state index in [0.29, 0.717) is 6.42 Å². The molecule has 3 unspecified atom stereocenters. The van der Waals surface area contributed by atoms with E-state index in [0.717, 1.165) is 25.8 Å². The van der Waals surface area contributed by atoms with Crippen molar-refractivity contribution in [3.8, 4) is 0 Å². The topological polar surface area (TPSA) is 61.4 Å². The largest absolute Gasteiger partial charge is 0.392 e. The molecule has 1 aliphatic carbocycles. The van der Waals surface area contributed by atoms with E-state index in [1.807, 2.05) is 13.8 Å². The molecular formula is C13H24N2O2. The van der Waals surface area contributed by atoms with Crippen LogP contribution in [0.3, 0.4) is 0 Å². The first-order chi connectivity index (χ1) is 8.01. The van der Waals surface area contributed by atoms with Gasteiger partial charge in [-0.25, -0.2) is 0 Å². The lowest BCUT2D eigenvalue weighted by atomic mass is 9.64. The molecule has 3 N–H and O–H groups in total. The van der Waals surface area contributed by atoms with Crippen LogP contribution in [0.2, 0.25) is 0 Å². The van der Waals surface area contributed by atoms with Crippen LogP contribution in [0.5, 0.6) is 0 Å². The summed E-state index contributed by atoms with van der Waals surface area (Å²) in [4.78, 5) is 12.1. The number of amides is 1. The van der Waals surface area contributed by atoms with Crippen molar-refractivity contribution >= 4 is 5.91 Å². The number of aliphatic hydroxyl groups excluding tert-OH is 1. The van der Waals surface area contributed by atoms with Gasteiger partial charge in [-0.3, -0.25) is 4.79 Å². The van der Waals surface area contributed by atoms with Gasteiger partial charge in [0, 0.05) is 11.5 Å². The Hall–Kier alpha value is -0.610. The zero-order valence-electron chi connectivity index (χ0n) is 10.8. The van der Waals surface area contributed by atoms with E-state index in [1.54, 1.807) is 0 Å². The molecule has 0 radical (unpaired) electrons. The third kappa shape index (κ3) is 2.63. The number of carbonyl (C=O) groups is 1. The van der Waals surface area contributed by atoms with Gasteiger partial charge in [-0.05, 0) is 25.8 Å². The molecule has 2 rings (SSSR count). The Morgan fingerprint density at radius 1 is 1.35 bits per heavy atom. The van der Waals surface area contributed by atoms with E-state index in [2.05, 4.69) is 10.6 Å². The maximum atomic E-state index is 12.1. The van der Waals surface area contributed by atoms with Crippen molar-refractivity contribution in [2.45, 2.75) is 64.1 Å². The van der Waals surface area contributed by atoms with E-state index in [1.165, 1.54) is 6.42 Å². The minimum Gasteiger partial charge on any atom is -0.392 e. The average Bonchev–Trinajstić information content (AvgIpc) is 2.57. The molecule has 2 aliphatic rings. The van der Waals surface area contributed by atoms with Crippen LogP contribution in [0.15, 0.2) is 0 Å². The van der Waals surface area contributed by atoms with Crippen molar-refractivity contribution in [2.24, 2.45) is 5.41 Å². The number of hydrogen-bond donors (Lipinski definition) is 3. The van der Waals surface area contributed by atoms with E-state index in [4.69, 9.17) is 0 Å². The van der Waals surface area contributed by atoms with Gasteiger partial charge in [0.15, 0.2) is 0 Å². The summed E-state index contributed by atoms with van der Waals surface area (Å²) in [6.45, 7) is 4.95. The number of carbonyl (C=O) groups excluding carboxylic acids is 1. The average molecular weight is 240 g/mol. The van der Waals surface area contributed by atoms with Gasteiger partial charge in [-0.1, -0.05) is 26.7 Å². The maximum Gasteiger partial charge on any atom is 0.237 e. The molecule has 1 saturated carbocycles. The summed E-state index contributed by atoms with van der Waals surface area (Å²) < 4.78 is 0. The van der Waals surface area contributed by atoms with Crippen molar-refractivity contribution in [1.82, 2.24) is 10.6 Å². The highest BCUT2D eigenvalue weighted by molar-refractivity contribution is 5.82. The molecule has 2 fully saturated rings. The highest BCUT2D eigenvalue weighted by Crippen LogP contribution is 2.40. The van der Waals surface area contributed by atoms with Crippen LogP contribution in [-0.4, -0.2) is 35.7 Å². The summed E-state index contributed by atoms with van der Waals surface area (Å²) in [5, 5.41) is 16.0. The van der Waals surface area contributed by atoms with Crippen molar-refractivity contribution in [1.29, 1.82) is 0 Å². The summed E-state index contributed by atoms with van der Waals surface area (Å²) in [5.74, 6) is 0.108. The van der Waals surface area contributed by atoms with Gasteiger partial charge in [0.05, 0.1) is 12.1 Å². The standard InChI is InChI=1S/C13H24N2O2/c1-13(2)10(8-11(13)16)15-12(17)9-6-4-3-5-7-14-9/h9-11,14,16H,3-8H2,1-2H3,(H,15,17). The van der Waals surface area contributed by atoms with Crippen LogP contribution in [0, 0.1) is 5.41 Å². The van der Waals surface area contributed by atoms with Gasteiger partial charge in [-0.15, -0.1) is 0 Å². The van der Waals surface area contributed by atoms with E-state index in [9.17, 15) is 9.90 Å². The first-order valence-corrected chi connectivity index (χ1v) is 6.73. The smallest absolute Gasteiger partial charge is 0.237 e. The normalized spacial score (nSPS) is 36.8. The van der Waals surface area contributed by atoms with Gasteiger partial charge in [0.25, 0.3) is 0 Å². The number of rotatable bonds is 2. The third-order valence-corrected chi connectivity index (χ3v) is 4.41. The van der Waals surface area contributed by atoms with E-state index in [-0.39, 0.29) is 29.5 Å². The predicted molar refractivity (Wildman–Crippen MR) is 66.6 cm³/mol. The Morgan fingerprint density at radius 2 is 2.12 bits per heavy atom. The lowest BCUT2D eigenvalue weighted by Crippen LogP contribution is -2.63. The molecule has 0 spiro atoms. The molecule has 0 aromatic rings. The molecule has 98 valence electrons. The summed E-state index contributed by atoms with van der Waals surface area (Å²) in [6, 6.07) is 0.0843. The molecule has 4 nitrogen and oxygen atoms in total. The Labute approximate surface area is 103 Å². The minimum absolute atomic E-state index is 0.0361. The second kappa shape index (κ2) is 4.94. The van der Waals surface area contributed by atoms with Gasteiger partial charge in [0.1, 0.15) is 0 Å². The van der Waals surface area contributed by atoms with Crippen LogP contribution in [0.4, 0.5) is 0 Å². The first-order valence-electron chi connectivity index (χ1n) is 6.73. The van der Waals surface area contributed by atoms with E-state index < -0.39 is 0 Å². The predicted octanol–water partition coefficient (Wildman–Crippen LogP) is 0.794. The zero-order valence-corrected chi connectivity index (χ0v) is 10.8. The minimum atomic E-state index is -0.283. The summed E-state index contributed by atoms with van der Waals surface area (Å²) in [5.41, 5.74) is -0.180. The molecule has 17 heavy (non-hydrogen) atoms. The van der Waals surface area contributed by atoms with Crippen molar-refractivity contribution in [2.75, 3.05) is 6.54 Å². The molecule has 0 bridgehead atoms. The molecule has 1 amide bonds. The Balaban J connectivity index is 1.84. The molecule has 1 heterocycles. The lowest BCUT2D eigenvalue weighted by Gasteiger charge is -2.49. The second-order valence-electron chi connectivity index (χ2n) is 5.99. The van der Waals surface area contributed by atoms with Crippen LogP contribution in [0.1, 0.15) is 46.0 Å². The van der Waals surface area contributed by atoms with Crippen LogP contribution in [-0.2, 0) is 4.79 Å². The molecule has 0 aromatic heterocycles. The maximum absolute atomic E-state index is 12.1. The second-order valence-corrected chi connectivity index (χ2v) is 5.99. The highest BCUT2D eigenvalue weighted by Gasteiger charge is 2.48. The molecule has 1 saturated heterocycles. The van der Waals surface area contributed by atoms with E-state index >= 15 is 0 Å². The van der Waals surface area contributed by atoms with Crippen LogP contribution >= 0.6 is 0 Å². The van der Waals surface area contributed by atoms with Crippen molar-refractivity contribution in [3.05, 3.63) is 0 Å². The fourth-order valence-electron chi connectivity index (χ4n) is 2.67. The molecule has 4 heteroatoms. The number of nitrogens with one attached hydrogen (secondary N) is 2. The molecule has 1 aliphatic heterocycles. The summed E-state index contributed by atoms with van der Waals surface area (Å²) >= 11 is 0.